The lowest BCUT2D eigenvalue weighted by atomic mass is 10.1. The third kappa shape index (κ3) is 4.39. The SMILES string of the molecule is N#Cc1cc2c(NCCCc3nc(N)c(C#N)s3)nc(-c3ccc(Cl)cc3Cl)cn2n1. The van der Waals surface area contributed by atoms with Crippen LogP contribution in [0.1, 0.15) is 22.0 Å². The highest BCUT2D eigenvalue weighted by molar-refractivity contribution is 7.12. The minimum atomic E-state index is 0.273. The number of hydrogen-bond acceptors (Lipinski definition) is 8. The van der Waals surface area contributed by atoms with Crippen molar-refractivity contribution in [3.05, 3.63) is 56.1 Å². The lowest BCUT2D eigenvalue weighted by Gasteiger charge is -2.11. The minimum absolute atomic E-state index is 0.273. The van der Waals surface area contributed by atoms with Crippen LogP contribution in [0.15, 0.2) is 30.5 Å². The van der Waals surface area contributed by atoms with Crippen molar-refractivity contribution in [3.63, 3.8) is 0 Å². The van der Waals surface area contributed by atoms with E-state index in [1.54, 1.807) is 35.0 Å². The molecular formula is C20H14Cl2N8S. The fraction of sp³-hybridized carbons (Fsp3) is 0.150. The van der Waals surface area contributed by atoms with Crippen LogP contribution in [0.5, 0.6) is 0 Å². The van der Waals surface area contributed by atoms with Gasteiger partial charge in [-0.2, -0.15) is 15.6 Å². The summed E-state index contributed by atoms with van der Waals surface area (Å²) < 4.78 is 1.61. The molecule has 11 heteroatoms. The summed E-state index contributed by atoms with van der Waals surface area (Å²) in [7, 11) is 0. The second kappa shape index (κ2) is 8.78. The quantitative estimate of drug-likeness (QED) is 0.397. The van der Waals surface area contributed by atoms with Crippen molar-refractivity contribution in [1.29, 1.82) is 10.5 Å². The maximum atomic E-state index is 9.23. The van der Waals surface area contributed by atoms with Crippen molar-refractivity contribution < 1.29 is 0 Å². The monoisotopic (exact) mass is 468 g/mol. The van der Waals surface area contributed by atoms with E-state index in [9.17, 15) is 5.26 Å². The van der Waals surface area contributed by atoms with Crippen LogP contribution in [-0.4, -0.2) is 26.1 Å². The normalized spacial score (nSPS) is 10.7. The van der Waals surface area contributed by atoms with Crippen LogP contribution in [0, 0.1) is 22.7 Å². The summed E-state index contributed by atoms with van der Waals surface area (Å²) in [5, 5.41) is 27.6. The number of fused-ring (bicyclic) bond motifs is 1. The fourth-order valence-corrected chi connectivity index (χ4v) is 4.34. The first-order chi connectivity index (χ1) is 15.0. The van der Waals surface area contributed by atoms with Gasteiger partial charge in [-0.15, -0.1) is 11.3 Å². The first-order valence-corrected chi connectivity index (χ1v) is 10.7. The molecule has 31 heavy (non-hydrogen) atoms. The molecule has 1 aromatic carbocycles. The predicted octanol–water partition coefficient (Wildman–Crippen LogP) is 4.53. The Labute approximate surface area is 191 Å². The average Bonchev–Trinajstić information content (AvgIpc) is 3.33. The number of aromatic nitrogens is 4. The number of nitrogens with two attached hydrogens (primary N) is 1. The van der Waals surface area contributed by atoms with Crippen molar-refractivity contribution in [2.75, 3.05) is 17.6 Å². The largest absolute Gasteiger partial charge is 0.382 e. The summed E-state index contributed by atoms with van der Waals surface area (Å²) in [4.78, 5) is 9.35. The zero-order valence-corrected chi connectivity index (χ0v) is 18.3. The molecular weight excluding hydrogens is 455 g/mol. The van der Waals surface area contributed by atoms with E-state index in [-0.39, 0.29) is 11.5 Å². The Kier molecular flexibility index (Phi) is 5.92. The van der Waals surface area contributed by atoms with Crippen LogP contribution < -0.4 is 11.1 Å². The van der Waals surface area contributed by atoms with Crippen LogP contribution in [-0.2, 0) is 6.42 Å². The Morgan fingerprint density at radius 1 is 1.16 bits per heavy atom. The highest BCUT2D eigenvalue weighted by Gasteiger charge is 2.14. The minimum Gasteiger partial charge on any atom is -0.382 e. The number of halogens is 2. The van der Waals surface area contributed by atoms with E-state index in [1.807, 2.05) is 12.1 Å². The topological polar surface area (TPSA) is 129 Å². The molecule has 0 saturated heterocycles. The Morgan fingerprint density at radius 3 is 2.71 bits per heavy atom. The standard InChI is InChI=1S/C20H14Cl2N8S/c21-11-3-4-13(14(22)6-11)15-10-30-16(7-12(8-23)29-30)20(27-15)26-5-1-2-18-28-19(25)17(9-24)31-18/h3-4,6-7,10H,1-2,5,25H2,(H,26,27). The maximum absolute atomic E-state index is 9.23. The molecule has 0 saturated carbocycles. The predicted molar refractivity (Wildman–Crippen MR) is 121 cm³/mol. The molecule has 4 aromatic rings. The lowest BCUT2D eigenvalue weighted by molar-refractivity contribution is 0.850. The number of nitriles is 2. The van der Waals surface area contributed by atoms with Gasteiger partial charge in [0, 0.05) is 29.6 Å². The van der Waals surface area contributed by atoms with Gasteiger partial charge in [0.25, 0.3) is 0 Å². The molecule has 8 nitrogen and oxygen atoms in total. The lowest BCUT2D eigenvalue weighted by Crippen LogP contribution is -2.07. The summed E-state index contributed by atoms with van der Waals surface area (Å²) >= 11 is 13.7. The number of anilines is 2. The van der Waals surface area contributed by atoms with Gasteiger partial charge in [-0.3, -0.25) is 0 Å². The first kappa shape index (κ1) is 20.9. The Hall–Kier alpha value is -3.37. The van der Waals surface area contributed by atoms with Crippen molar-refractivity contribution in [2.24, 2.45) is 0 Å². The van der Waals surface area contributed by atoms with Crippen LogP contribution in [0.4, 0.5) is 11.6 Å². The summed E-state index contributed by atoms with van der Waals surface area (Å²) in [6.07, 6.45) is 3.14. The van der Waals surface area contributed by atoms with Crippen LogP contribution in [0.25, 0.3) is 16.8 Å². The van der Waals surface area contributed by atoms with E-state index >= 15 is 0 Å². The maximum Gasteiger partial charge on any atom is 0.163 e. The van der Waals surface area contributed by atoms with Gasteiger partial charge in [0.2, 0.25) is 0 Å². The number of benzene rings is 1. The molecule has 3 heterocycles. The molecule has 4 rings (SSSR count). The van der Waals surface area contributed by atoms with Gasteiger partial charge in [0.05, 0.1) is 21.9 Å². The molecule has 0 aliphatic carbocycles. The molecule has 0 bridgehead atoms. The van der Waals surface area contributed by atoms with Crippen LogP contribution in [0.2, 0.25) is 10.0 Å². The van der Waals surface area contributed by atoms with Gasteiger partial charge in [-0.25, -0.2) is 14.5 Å². The second-order valence-corrected chi connectivity index (χ2v) is 8.46. The van der Waals surface area contributed by atoms with E-state index in [0.717, 1.165) is 11.4 Å². The molecule has 0 fully saturated rings. The van der Waals surface area contributed by atoms with E-state index in [1.165, 1.54) is 11.3 Å². The third-order valence-electron chi connectivity index (χ3n) is 4.44. The molecule has 0 aliphatic rings. The van der Waals surface area contributed by atoms with E-state index < -0.39 is 0 Å². The molecule has 0 unspecified atom stereocenters. The molecule has 0 atom stereocenters. The van der Waals surface area contributed by atoms with E-state index in [4.69, 9.17) is 39.2 Å². The van der Waals surface area contributed by atoms with Crippen molar-refractivity contribution >= 4 is 51.7 Å². The summed E-state index contributed by atoms with van der Waals surface area (Å²) in [6, 6.07) is 10.9. The molecule has 0 amide bonds. The highest BCUT2D eigenvalue weighted by Crippen LogP contribution is 2.31. The average molecular weight is 469 g/mol. The number of hydrogen-bond donors (Lipinski definition) is 2. The van der Waals surface area contributed by atoms with Crippen molar-refractivity contribution in [1.82, 2.24) is 19.6 Å². The smallest absolute Gasteiger partial charge is 0.163 e. The Bertz CT molecular complexity index is 1360. The van der Waals surface area contributed by atoms with E-state index in [0.29, 0.717) is 50.5 Å². The molecule has 0 spiro atoms. The van der Waals surface area contributed by atoms with Gasteiger partial charge in [-0.05, 0) is 24.6 Å². The summed E-state index contributed by atoms with van der Waals surface area (Å²) in [5.74, 6) is 0.851. The number of rotatable bonds is 6. The van der Waals surface area contributed by atoms with Gasteiger partial charge in [-0.1, -0.05) is 23.2 Å². The molecule has 0 aliphatic heterocycles. The second-order valence-electron chi connectivity index (χ2n) is 6.53. The van der Waals surface area contributed by atoms with Crippen LogP contribution in [0.3, 0.4) is 0 Å². The van der Waals surface area contributed by atoms with Crippen molar-refractivity contribution in [3.8, 4) is 23.4 Å². The fourth-order valence-electron chi connectivity index (χ4n) is 3.02. The van der Waals surface area contributed by atoms with Gasteiger partial charge in [0.15, 0.2) is 17.3 Å². The number of nitrogens with zero attached hydrogens (tertiary/aromatic N) is 6. The number of aryl methyl sites for hydroxylation is 1. The highest BCUT2D eigenvalue weighted by atomic mass is 35.5. The Balaban J connectivity index is 1.58. The number of nitrogen functional groups attached to an aromatic ring is 1. The van der Waals surface area contributed by atoms with Gasteiger partial charge >= 0.3 is 0 Å². The number of thiazole rings is 1. The molecule has 3 aromatic heterocycles. The zero-order valence-electron chi connectivity index (χ0n) is 15.9. The number of nitrogens with one attached hydrogen (secondary N) is 1. The molecule has 3 N–H and O–H groups in total. The zero-order chi connectivity index (χ0) is 22.0. The first-order valence-electron chi connectivity index (χ1n) is 9.13. The van der Waals surface area contributed by atoms with Gasteiger partial charge < -0.3 is 11.1 Å². The Morgan fingerprint density at radius 2 is 2.00 bits per heavy atom. The van der Waals surface area contributed by atoms with Crippen molar-refractivity contribution in [2.45, 2.75) is 12.8 Å². The third-order valence-corrected chi connectivity index (χ3v) is 6.02. The molecule has 0 radical (unpaired) electrons. The summed E-state index contributed by atoms with van der Waals surface area (Å²) in [5.41, 5.74) is 7.97. The summed E-state index contributed by atoms with van der Waals surface area (Å²) in [6.45, 7) is 0.592. The van der Waals surface area contributed by atoms with Crippen LogP contribution >= 0.6 is 34.5 Å². The molecule has 154 valence electrons. The van der Waals surface area contributed by atoms with E-state index in [2.05, 4.69) is 15.4 Å². The van der Waals surface area contributed by atoms with Gasteiger partial charge in [0.1, 0.15) is 22.5 Å².